The molecule has 3 heterocycles. The molecule has 17 heavy (non-hydrogen) atoms. The molecule has 2 aromatic heterocycles. The third-order valence-corrected chi connectivity index (χ3v) is 3.74. The Kier molecular flexibility index (Phi) is 2.19. The van der Waals surface area contributed by atoms with Gasteiger partial charge >= 0.3 is 5.97 Å². The third-order valence-electron chi connectivity index (χ3n) is 2.92. The summed E-state index contributed by atoms with van der Waals surface area (Å²) in [7, 11) is 0. The lowest BCUT2D eigenvalue weighted by atomic mass is 10.2. The second-order valence-corrected chi connectivity index (χ2v) is 4.61. The van der Waals surface area contributed by atoms with Gasteiger partial charge < -0.3 is 5.11 Å². The average molecular weight is 244 g/mol. The van der Waals surface area contributed by atoms with Crippen molar-refractivity contribution < 1.29 is 14.3 Å². The summed E-state index contributed by atoms with van der Waals surface area (Å²) < 4.78 is 2.00. The molecular formula is C13H10NO2S+. The number of carboxylic acid groups (broad SMARTS) is 1. The van der Waals surface area contributed by atoms with Crippen molar-refractivity contribution in [2.45, 2.75) is 0 Å². The number of hydrogen-bond donors (Lipinski definition) is 1. The molecule has 0 aliphatic carbocycles. The van der Waals surface area contributed by atoms with Crippen LogP contribution in [0.15, 0.2) is 36.4 Å². The van der Waals surface area contributed by atoms with Gasteiger partial charge in [-0.25, -0.2) is 4.79 Å². The highest BCUT2D eigenvalue weighted by Gasteiger charge is 2.35. The first-order valence-electron chi connectivity index (χ1n) is 5.20. The van der Waals surface area contributed by atoms with E-state index in [4.69, 9.17) is 0 Å². The summed E-state index contributed by atoms with van der Waals surface area (Å²) in [6, 6.07) is 11.6. The van der Waals surface area contributed by atoms with Gasteiger partial charge in [-0.3, -0.25) is 0 Å². The number of hydrogen-bond acceptors (Lipinski definition) is 2. The van der Waals surface area contributed by atoms with Crippen LogP contribution in [0.4, 0.5) is 0 Å². The quantitative estimate of drug-likeness (QED) is 0.822. The van der Waals surface area contributed by atoms with Crippen LogP contribution < -0.4 is 4.40 Å². The molecule has 0 fully saturated rings. The van der Waals surface area contributed by atoms with Crippen LogP contribution >= 0.6 is 11.8 Å². The molecule has 2 aromatic rings. The van der Waals surface area contributed by atoms with E-state index in [-0.39, 0.29) is 0 Å². The van der Waals surface area contributed by atoms with E-state index in [0.717, 1.165) is 21.8 Å². The molecule has 1 aliphatic rings. The molecule has 0 saturated carbocycles. The average Bonchev–Trinajstić information content (AvgIpc) is 2.66. The maximum atomic E-state index is 11.4. The van der Waals surface area contributed by atoms with Gasteiger partial charge in [0.1, 0.15) is 4.91 Å². The monoisotopic (exact) mass is 244 g/mol. The first-order valence-corrected chi connectivity index (χ1v) is 6.42. The fourth-order valence-corrected chi connectivity index (χ4v) is 3.03. The van der Waals surface area contributed by atoms with Crippen LogP contribution in [0, 0.1) is 0 Å². The van der Waals surface area contributed by atoms with Gasteiger partial charge in [0.2, 0.25) is 16.9 Å². The van der Waals surface area contributed by atoms with Gasteiger partial charge in [-0.05, 0) is 18.4 Å². The number of rotatable bonds is 2. The Morgan fingerprint density at radius 1 is 1.18 bits per heavy atom. The van der Waals surface area contributed by atoms with Crippen molar-refractivity contribution >= 4 is 33.7 Å². The molecule has 0 saturated heterocycles. The zero-order chi connectivity index (χ0) is 12.0. The lowest BCUT2D eigenvalue weighted by Crippen LogP contribution is -2.27. The zero-order valence-electron chi connectivity index (χ0n) is 9.18. The Morgan fingerprint density at radius 3 is 2.41 bits per heavy atom. The molecule has 0 aromatic carbocycles. The van der Waals surface area contributed by atoms with E-state index in [1.807, 2.05) is 47.1 Å². The van der Waals surface area contributed by atoms with Crippen molar-refractivity contribution in [2.75, 3.05) is 6.26 Å². The number of carbonyl (C=O) groups is 1. The van der Waals surface area contributed by atoms with Gasteiger partial charge in [0.05, 0.1) is 0 Å². The van der Waals surface area contributed by atoms with Gasteiger partial charge in [-0.2, -0.15) is 4.40 Å². The summed E-state index contributed by atoms with van der Waals surface area (Å²) >= 11 is 1.48. The third kappa shape index (κ3) is 1.31. The van der Waals surface area contributed by atoms with Crippen molar-refractivity contribution in [3.05, 3.63) is 47.8 Å². The minimum absolute atomic E-state index is 0.398. The molecule has 0 unspecified atom stereocenters. The second kappa shape index (κ2) is 3.60. The first-order chi connectivity index (χ1) is 8.24. The molecule has 0 amide bonds. The summed E-state index contributed by atoms with van der Waals surface area (Å²) in [5.41, 5.74) is 3.13. The Bertz CT molecular complexity index is 671. The van der Waals surface area contributed by atoms with Crippen molar-refractivity contribution in [3.63, 3.8) is 0 Å². The van der Waals surface area contributed by atoms with E-state index < -0.39 is 5.97 Å². The predicted octanol–water partition coefficient (Wildman–Crippen LogP) is 2.05. The highest BCUT2D eigenvalue weighted by Crippen LogP contribution is 2.36. The van der Waals surface area contributed by atoms with Crippen LogP contribution in [0.5, 0.6) is 0 Å². The van der Waals surface area contributed by atoms with Crippen LogP contribution in [0.1, 0.15) is 11.4 Å². The molecule has 3 rings (SSSR count). The van der Waals surface area contributed by atoms with E-state index in [0.29, 0.717) is 5.57 Å². The Morgan fingerprint density at radius 2 is 1.82 bits per heavy atom. The molecule has 0 spiro atoms. The van der Waals surface area contributed by atoms with Crippen LogP contribution in [-0.4, -0.2) is 17.3 Å². The number of thioether (sulfide) groups is 1. The highest BCUT2D eigenvalue weighted by atomic mass is 32.2. The fraction of sp³-hybridized carbons (Fsp3) is 0.0769. The van der Waals surface area contributed by atoms with Crippen molar-refractivity contribution in [1.29, 1.82) is 0 Å². The summed E-state index contributed by atoms with van der Waals surface area (Å²) in [6.45, 7) is 0. The van der Waals surface area contributed by atoms with Crippen molar-refractivity contribution in [3.8, 4) is 0 Å². The Hall–Kier alpha value is -1.81. The molecule has 0 bridgehead atoms. The topological polar surface area (TPSA) is 41.4 Å². The molecular weight excluding hydrogens is 234 g/mol. The normalized spacial score (nSPS) is 13.5. The fourth-order valence-electron chi connectivity index (χ4n) is 2.27. The summed E-state index contributed by atoms with van der Waals surface area (Å²) in [6.07, 6.45) is 1.91. The van der Waals surface area contributed by atoms with Gasteiger partial charge in [-0.1, -0.05) is 0 Å². The SMILES string of the molecule is CSC1=C(C(=O)O)c2cccc3cccc1[n+]23. The van der Waals surface area contributed by atoms with E-state index in [1.165, 1.54) is 11.8 Å². The maximum Gasteiger partial charge on any atom is 0.343 e. The predicted molar refractivity (Wildman–Crippen MR) is 67.6 cm³/mol. The van der Waals surface area contributed by atoms with Crippen LogP contribution in [0.3, 0.4) is 0 Å². The largest absolute Gasteiger partial charge is 0.477 e. The van der Waals surface area contributed by atoms with Gasteiger partial charge in [0, 0.05) is 24.3 Å². The molecule has 3 nitrogen and oxygen atoms in total. The minimum atomic E-state index is -0.870. The van der Waals surface area contributed by atoms with E-state index in [9.17, 15) is 9.90 Å². The van der Waals surface area contributed by atoms with E-state index in [1.54, 1.807) is 0 Å². The van der Waals surface area contributed by atoms with Gasteiger partial charge in [0.25, 0.3) is 0 Å². The van der Waals surface area contributed by atoms with Gasteiger partial charge in [-0.15, -0.1) is 11.8 Å². The smallest absolute Gasteiger partial charge is 0.343 e. The molecule has 1 aliphatic heterocycles. The minimum Gasteiger partial charge on any atom is -0.477 e. The second-order valence-electron chi connectivity index (χ2n) is 3.80. The van der Waals surface area contributed by atoms with E-state index in [2.05, 4.69) is 0 Å². The summed E-state index contributed by atoms with van der Waals surface area (Å²) in [5, 5.41) is 9.35. The van der Waals surface area contributed by atoms with Crippen LogP contribution in [0.25, 0.3) is 16.0 Å². The lowest BCUT2D eigenvalue weighted by Gasteiger charge is -1.94. The summed E-state index contributed by atoms with van der Waals surface area (Å²) in [5.74, 6) is -0.870. The number of carboxylic acids is 1. The molecule has 4 heteroatoms. The Balaban J connectivity index is 2.47. The first kappa shape index (κ1) is 10.4. The number of aliphatic carboxylic acids is 1. The number of pyridine rings is 2. The summed E-state index contributed by atoms with van der Waals surface area (Å²) in [4.78, 5) is 12.2. The van der Waals surface area contributed by atoms with Crippen molar-refractivity contribution in [1.82, 2.24) is 0 Å². The van der Waals surface area contributed by atoms with Gasteiger partial charge in [0.15, 0.2) is 5.57 Å². The molecule has 84 valence electrons. The standard InChI is InChI=1S/C13H9NO2S/c1-17-12-10-7-3-5-8-4-2-6-9(14(8)10)11(12)13(15)16/h2-7H,1H3/p+1. The molecule has 1 N–H and O–H groups in total. The van der Waals surface area contributed by atoms with Crippen LogP contribution in [-0.2, 0) is 4.79 Å². The number of nitrogens with zero attached hydrogens (tertiary/aromatic N) is 1. The Labute approximate surface area is 102 Å². The maximum absolute atomic E-state index is 11.4. The van der Waals surface area contributed by atoms with E-state index >= 15 is 0 Å². The van der Waals surface area contributed by atoms with Crippen molar-refractivity contribution in [2.24, 2.45) is 0 Å². The highest BCUT2D eigenvalue weighted by molar-refractivity contribution is 8.08. The molecule has 0 radical (unpaired) electrons. The molecule has 0 atom stereocenters. The lowest BCUT2D eigenvalue weighted by molar-refractivity contribution is -0.514. The van der Waals surface area contributed by atoms with Crippen LogP contribution in [0.2, 0.25) is 0 Å². The number of aromatic nitrogens is 1. The zero-order valence-corrected chi connectivity index (χ0v) is 9.99.